The number of nitrogens with two attached hydrogens (primary N) is 1. The van der Waals surface area contributed by atoms with Crippen LogP contribution in [0.15, 0.2) is 22.7 Å². The molecule has 1 unspecified atom stereocenters. The van der Waals surface area contributed by atoms with Crippen molar-refractivity contribution in [2.24, 2.45) is 5.73 Å². The molecule has 0 saturated heterocycles. The molecule has 0 aromatic heterocycles. The summed E-state index contributed by atoms with van der Waals surface area (Å²) in [6.07, 6.45) is 2.27. The number of ether oxygens (including phenoxy) is 1. The van der Waals surface area contributed by atoms with E-state index in [2.05, 4.69) is 29.8 Å². The fraction of sp³-hybridized carbons (Fsp3) is 0.571. The predicted octanol–water partition coefficient (Wildman–Crippen LogP) is 3.66. The van der Waals surface area contributed by atoms with Gasteiger partial charge in [-0.25, -0.2) is 4.39 Å². The molecule has 1 aromatic carbocycles. The zero-order chi connectivity index (χ0) is 13.8. The van der Waals surface area contributed by atoms with Crippen LogP contribution in [0.4, 0.5) is 4.39 Å². The highest BCUT2D eigenvalue weighted by Crippen LogP contribution is 2.27. The molecular formula is C14H21BrFNO. The lowest BCUT2D eigenvalue weighted by atomic mass is 9.85. The minimum Gasteiger partial charge on any atom is -0.377 e. The number of methoxy groups -OCH3 is 1. The maximum atomic E-state index is 13.2. The number of hydrogen-bond acceptors (Lipinski definition) is 2. The van der Waals surface area contributed by atoms with Gasteiger partial charge in [0.25, 0.3) is 0 Å². The number of hydrogen-bond donors (Lipinski definition) is 1. The van der Waals surface area contributed by atoms with Gasteiger partial charge in [-0.15, -0.1) is 0 Å². The molecule has 0 heterocycles. The average Bonchev–Trinajstić information content (AvgIpc) is 2.37. The highest BCUT2D eigenvalue weighted by atomic mass is 79.9. The SMILES string of the molecule is CCC(CC)(OC)C(N)Cc1cc(F)ccc1Br. The lowest BCUT2D eigenvalue weighted by Gasteiger charge is -2.36. The Hall–Kier alpha value is -0.450. The van der Waals surface area contributed by atoms with Crippen LogP contribution < -0.4 is 5.73 Å². The monoisotopic (exact) mass is 317 g/mol. The van der Waals surface area contributed by atoms with Gasteiger partial charge in [-0.1, -0.05) is 29.8 Å². The van der Waals surface area contributed by atoms with E-state index >= 15 is 0 Å². The Labute approximate surface area is 117 Å². The summed E-state index contributed by atoms with van der Waals surface area (Å²) in [6.45, 7) is 4.13. The van der Waals surface area contributed by atoms with Crippen LogP contribution in [0.5, 0.6) is 0 Å². The van der Waals surface area contributed by atoms with Gasteiger partial charge in [0, 0.05) is 17.6 Å². The minimum absolute atomic E-state index is 0.157. The van der Waals surface area contributed by atoms with Gasteiger partial charge >= 0.3 is 0 Å². The van der Waals surface area contributed by atoms with E-state index in [-0.39, 0.29) is 17.5 Å². The molecule has 1 rings (SSSR count). The van der Waals surface area contributed by atoms with Crippen LogP contribution in [0.1, 0.15) is 32.3 Å². The number of rotatable bonds is 6. The van der Waals surface area contributed by atoms with E-state index in [9.17, 15) is 4.39 Å². The molecule has 2 N–H and O–H groups in total. The first-order chi connectivity index (χ1) is 8.49. The van der Waals surface area contributed by atoms with Crippen LogP contribution in [0.2, 0.25) is 0 Å². The van der Waals surface area contributed by atoms with E-state index in [1.807, 2.05) is 0 Å². The smallest absolute Gasteiger partial charge is 0.123 e. The highest BCUT2D eigenvalue weighted by molar-refractivity contribution is 9.10. The molecule has 2 nitrogen and oxygen atoms in total. The minimum atomic E-state index is -0.342. The van der Waals surface area contributed by atoms with Gasteiger partial charge in [-0.05, 0) is 43.0 Å². The molecule has 1 atom stereocenters. The summed E-state index contributed by atoms with van der Waals surface area (Å²) in [5.41, 5.74) is 6.81. The van der Waals surface area contributed by atoms with Gasteiger partial charge in [-0.3, -0.25) is 0 Å². The summed E-state index contributed by atoms with van der Waals surface area (Å²) in [7, 11) is 1.69. The molecule has 0 spiro atoms. The molecule has 0 aliphatic rings. The standard InChI is InChI=1S/C14H21BrFNO/c1-4-14(5-2,18-3)13(17)9-10-8-11(16)6-7-12(10)15/h6-8,13H,4-5,9,17H2,1-3H3. The third-order valence-corrected chi connectivity index (χ3v) is 4.50. The van der Waals surface area contributed by atoms with Crippen molar-refractivity contribution < 1.29 is 9.13 Å². The summed E-state index contributed by atoms with van der Waals surface area (Å²) in [6, 6.07) is 4.51. The quantitative estimate of drug-likeness (QED) is 0.869. The van der Waals surface area contributed by atoms with Crippen molar-refractivity contribution in [2.75, 3.05) is 7.11 Å². The fourth-order valence-electron chi connectivity index (χ4n) is 2.34. The van der Waals surface area contributed by atoms with Crippen molar-refractivity contribution >= 4 is 15.9 Å². The van der Waals surface area contributed by atoms with Crippen molar-refractivity contribution in [3.63, 3.8) is 0 Å². The van der Waals surface area contributed by atoms with E-state index in [0.717, 1.165) is 22.9 Å². The molecule has 0 saturated carbocycles. The topological polar surface area (TPSA) is 35.2 Å². The molecule has 102 valence electrons. The van der Waals surface area contributed by atoms with Crippen molar-refractivity contribution in [2.45, 2.75) is 44.8 Å². The predicted molar refractivity (Wildman–Crippen MR) is 76.1 cm³/mol. The van der Waals surface area contributed by atoms with E-state index in [1.54, 1.807) is 13.2 Å². The fourth-order valence-corrected chi connectivity index (χ4v) is 2.75. The Morgan fingerprint density at radius 3 is 2.50 bits per heavy atom. The van der Waals surface area contributed by atoms with Gasteiger partial charge in [0.1, 0.15) is 5.82 Å². The van der Waals surface area contributed by atoms with Gasteiger partial charge in [0.15, 0.2) is 0 Å². The Morgan fingerprint density at radius 1 is 1.39 bits per heavy atom. The molecular weight excluding hydrogens is 297 g/mol. The van der Waals surface area contributed by atoms with E-state index < -0.39 is 0 Å². The molecule has 4 heteroatoms. The first-order valence-electron chi connectivity index (χ1n) is 6.23. The first-order valence-corrected chi connectivity index (χ1v) is 7.03. The highest BCUT2D eigenvalue weighted by Gasteiger charge is 2.33. The summed E-state index contributed by atoms with van der Waals surface area (Å²) >= 11 is 3.43. The Kier molecular flexibility index (Phi) is 5.76. The summed E-state index contributed by atoms with van der Waals surface area (Å²) in [5.74, 6) is -0.239. The average molecular weight is 318 g/mol. The second-order valence-electron chi connectivity index (χ2n) is 4.52. The number of benzene rings is 1. The summed E-state index contributed by atoms with van der Waals surface area (Å²) in [4.78, 5) is 0. The Balaban J connectivity index is 2.92. The lowest BCUT2D eigenvalue weighted by molar-refractivity contribution is -0.0374. The van der Waals surface area contributed by atoms with Crippen LogP contribution in [-0.2, 0) is 11.2 Å². The third kappa shape index (κ3) is 3.31. The normalized spacial score (nSPS) is 13.7. The van der Waals surface area contributed by atoms with Crippen molar-refractivity contribution in [3.05, 3.63) is 34.1 Å². The van der Waals surface area contributed by atoms with Gasteiger partial charge in [0.05, 0.1) is 5.60 Å². The number of halogens is 2. The third-order valence-electron chi connectivity index (χ3n) is 3.73. The molecule has 0 radical (unpaired) electrons. The largest absolute Gasteiger partial charge is 0.377 e. The zero-order valence-corrected chi connectivity index (χ0v) is 12.8. The maximum absolute atomic E-state index is 13.2. The molecule has 0 amide bonds. The summed E-state index contributed by atoms with van der Waals surface area (Å²) < 4.78 is 19.7. The summed E-state index contributed by atoms with van der Waals surface area (Å²) in [5, 5.41) is 0. The first kappa shape index (κ1) is 15.6. The van der Waals surface area contributed by atoms with Crippen LogP contribution >= 0.6 is 15.9 Å². The van der Waals surface area contributed by atoms with Gasteiger partial charge < -0.3 is 10.5 Å². The molecule has 18 heavy (non-hydrogen) atoms. The lowest BCUT2D eigenvalue weighted by Crippen LogP contribution is -2.50. The van der Waals surface area contributed by atoms with E-state index in [4.69, 9.17) is 10.5 Å². The molecule has 0 fully saturated rings. The second kappa shape index (κ2) is 6.64. The van der Waals surface area contributed by atoms with E-state index in [0.29, 0.717) is 6.42 Å². The maximum Gasteiger partial charge on any atom is 0.123 e. The zero-order valence-electron chi connectivity index (χ0n) is 11.2. The molecule has 0 aliphatic carbocycles. The Morgan fingerprint density at radius 2 is 2.00 bits per heavy atom. The van der Waals surface area contributed by atoms with E-state index in [1.165, 1.54) is 12.1 Å². The molecule has 1 aromatic rings. The molecule has 0 bridgehead atoms. The molecule has 0 aliphatic heterocycles. The van der Waals surface area contributed by atoms with Crippen LogP contribution in [0.25, 0.3) is 0 Å². The van der Waals surface area contributed by atoms with Crippen LogP contribution in [0, 0.1) is 5.82 Å². The van der Waals surface area contributed by atoms with Crippen molar-refractivity contribution in [3.8, 4) is 0 Å². The van der Waals surface area contributed by atoms with Crippen LogP contribution in [-0.4, -0.2) is 18.8 Å². The van der Waals surface area contributed by atoms with Gasteiger partial charge in [0.2, 0.25) is 0 Å². The van der Waals surface area contributed by atoms with Crippen molar-refractivity contribution in [1.82, 2.24) is 0 Å². The Bertz CT molecular complexity index is 385. The van der Waals surface area contributed by atoms with Crippen molar-refractivity contribution in [1.29, 1.82) is 0 Å². The van der Waals surface area contributed by atoms with Crippen LogP contribution in [0.3, 0.4) is 0 Å². The van der Waals surface area contributed by atoms with Gasteiger partial charge in [-0.2, -0.15) is 0 Å². The second-order valence-corrected chi connectivity index (χ2v) is 5.38.